The first-order chi connectivity index (χ1) is 11.6. The van der Waals surface area contributed by atoms with Crippen molar-refractivity contribution < 1.29 is 9.47 Å². The first kappa shape index (κ1) is 17.7. The fourth-order valence-corrected chi connectivity index (χ4v) is 2.78. The fraction of sp³-hybridized carbons (Fsp3) is 0.438. The second kappa shape index (κ2) is 6.99. The van der Waals surface area contributed by atoms with Crippen molar-refractivity contribution in [3.63, 3.8) is 0 Å². The number of morpholine rings is 1. The molecule has 1 fully saturated rings. The van der Waals surface area contributed by atoms with Gasteiger partial charge in [-0.25, -0.2) is 9.50 Å². The molecule has 0 saturated carbocycles. The average molecular weight is 365 g/mol. The number of nitrogens with zero attached hydrogens (tertiary/aromatic N) is 5. The second-order valence-corrected chi connectivity index (χ2v) is 6.26. The first-order valence-electron chi connectivity index (χ1n) is 7.94. The summed E-state index contributed by atoms with van der Waals surface area (Å²) in [6.07, 6.45) is 7.30. The van der Waals surface area contributed by atoms with Crippen LogP contribution in [-0.4, -0.2) is 56.3 Å². The molecule has 3 aromatic heterocycles. The van der Waals surface area contributed by atoms with Crippen LogP contribution in [0.15, 0.2) is 30.9 Å². The van der Waals surface area contributed by atoms with Gasteiger partial charge in [-0.05, 0) is 13.0 Å². The highest BCUT2D eigenvalue weighted by atomic mass is 35.5. The molecule has 1 N–H and O–H groups in total. The van der Waals surface area contributed by atoms with Crippen LogP contribution in [0.2, 0.25) is 0 Å². The highest BCUT2D eigenvalue weighted by Crippen LogP contribution is 2.25. The van der Waals surface area contributed by atoms with Crippen molar-refractivity contribution in [2.24, 2.45) is 7.05 Å². The quantitative estimate of drug-likeness (QED) is 0.752. The minimum atomic E-state index is -0.360. The van der Waals surface area contributed by atoms with E-state index >= 15 is 0 Å². The Morgan fingerprint density at radius 2 is 2.24 bits per heavy atom. The molecule has 4 rings (SSSR count). The zero-order valence-electron chi connectivity index (χ0n) is 14.2. The fourth-order valence-electron chi connectivity index (χ4n) is 2.78. The van der Waals surface area contributed by atoms with Crippen molar-refractivity contribution in [2.75, 3.05) is 26.3 Å². The number of ether oxygens (including phenoxy) is 2. The number of fused-ring (bicyclic) bond motifs is 1. The van der Waals surface area contributed by atoms with Gasteiger partial charge in [0.15, 0.2) is 0 Å². The van der Waals surface area contributed by atoms with Crippen LogP contribution < -0.4 is 10.1 Å². The predicted octanol–water partition coefficient (Wildman–Crippen LogP) is 1.31. The Morgan fingerprint density at radius 1 is 1.36 bits per heavy atom. The van der Waals surface area contributed by atoms with Crippen LogP contribution in [0.25, 0.3) is 16.8 Å². The van der Waals surface area contributed by atoms with Gasteiger partial charge >= 0.3 is 0 Å². The lowest BCUT2D eigenvalue weighted by molar-refractivity contribution is -0.0777. The van der Waals surface area contributed by atoms with Gasteiger partial charge in [0.25, 0.3) is 0 Å². The number of hydrogen-bond acceptors (Lipinski definition) is 6. The number of rotatable bonds is 4. The maximum atomic E-state index is 6.02. The highest BCUT2D eigenvalue weighted by Gasteiger charge is 2.29. The third-order valence-electron chi connectivity index (χ3n) is 4.10. The van der Waals surface area contributed by atoms with Crippen molar-refractivity contribution in [1.82, 2.24) is 29.7 Å². The van der Waals surface area contributed by atoms with Crippen molar-refractivity contribution in [1.29, 1.82) is 0 Å². The summed E-state index contributed by atoms with van der Waals surface area (Å²) in [5.74, 6) is 0.546. The van der Waals surface area contributed by atoms with E-state index in [0.29, 0.717) is 19.1 Å². The minimum Gasteiger partial charge on any atom is -0.473 e. The van der Waals surface area contributed by atoms with E-state index in [2.05, 4.69) is 20.5 Å². The topological polar surface area (TPSA) is 78.5 Å². The summed E-state index contributed by atoms with van der Waals surface area (Å²) in [6.45, 7) is 4.77. The molecule has 9 heteroatoms. The van der Waals surface area contributed by atoms with Gasteiger partial charge in [-0.15, -0.1) is 12.4 Å². The summed E-state index contributed by atoms with van der Waals surface area (Å²) in [5, 5.41) is 11.8. The van der Waals surface area contributed by atoms with Crippen LogP contribution in [-0.2, 0) is 11.8 Å². The molecule has 0 aliphatic carbocycles. The van der Waals surface area contributed by atoms with E-state index in [4.69, 9.17) is 9.47 Å². The zero-order chi connectivity index (χ0) is 16.6. The zero-order valence-corrected chi connectivity index (χ0v) is 15.0. The summed E-state index contributed by atoms with van der Waals surface area (Å²) < 4.78 is 15.4. The Labute approximate surface area is 151 Å². The van der Waals surface area contributed by atoms with Crippen molar-refractivity contribution in [3.05, 3.63) is 30.9 Å². The summed E-state index contributed by atoms with van der Waals surface area (Å²) in [5.41, 5.74) is 2.15. The molecule has 3 aromatic rings. The number of halogens is 1. The molecule has 1 atom stereocenters. The molecule has 0 bridgehead atoms. The normalized spacial score (nSPS) is 20.4. The lowest BCUT2D eigenvalue weighted by Crippen LogP contribution is -2.51. The van der Waals surface area contributed by atoms with Crippen LogP contribution in [0.5, 0.6) is 5.88 Å². The van der Waals surface area contributed by atoms with Crippen LogP contribution in [0.1, 0.15) is 6.92 Å². The molecule has 0 radical (unpaired) electrons. The van der Waals surface area contributed by atoms with Gasteiger partial charge in [0.1, 0.15) is 17.7 Å². The van der Waals surface area contributed by atoms with E-state index in [0.717, 1.165) is 29.9 Å². The Kier molecular flexibility index (Phi) is 4.94. The maximum Gasteiger partial charge on any atom is 0.240 e. The van der Waals surface area contributed by atoms with Gasteiger partial charge in [-0.3, -0.25) is 4.68 Å². The summed E-state index contributed by atoms with van der Waals surface area (Å²) >= 11 is 0. The van der Waals surface area contributed by atoms with Crippen LogP contribution in [0.3, 0.4) is 0 Å². The molecule has 8 nitrogen and oxygen atoms in total. The van der Waals surface area contributed by atoms with E-state index in [1.54, 1.807) is 21.6 Å². The van der Waals surface area contributed by atoms with E-state index in [-0.39, 0.29) is 18.0 Å². The molecule has 25 heavy (non-hydrogen) atoms. The van der Waals surface area contributed by atoms with Gasteiger partial charge in [-0.2, -0.15) is 10.2 Å². The van der Waals surface area contributed by atoms with Gasteiger partial charge in [0.2, 0.25) is 5.88 Å². The SMILES string of the molecule is Cl.Cn1cc(-c2cn3nccc3c(OC[C@]3(C)CNCCO3)n2)cn1. The summed E-state index contributed by atoms with van der Waals surface area (Å²) in [7, 11) is 1.88. The van der Waals surface area contributed by atoms with E-state index < -0.39 is 0 Å². The van der Waals surface area contributed by atoms with Crippen molar-refractivity contribution >= 4 is 17.9 Å². The maximum absolute atomic E-state index is 6.02. The monoisotopic (exact) mass is 364 g/mol. The molecule has 0 aromatic carbocycles. The van der Waals surface area contributed by atoms with Crippen LogP contribution >= 0.6 is 12.4 Å². The van der Waals surface area contributed by atoms with Crippen molar-refractivity contribution in [3.8, 4) is 17.1 Å². The minimum absolute atomic E-state index is 0. The molecule has 0 spiro atoms. The predicted molar refractivity (Wildman–Crippen MR) is 95.2 cm³/mol. The molecular formula is C16H21ClN6O2. The Morgan fingerprint density at radius 3 is 2.96 bits per heavy atom. The van der Waals surface area contributed by atoms with Crippen LogP contribution in [0.4, 0.5) is 0 Å². The number of hydrogen-bond donors (Lipinski definition) is 1. The molecule has 0 unspecified atom stereocenters. The van der Waals surface area contributed by atoms with Crippen LogP contribution in [0, 0.1) is 0 Å². The first-order valence-corrected chi connectivity index (χ1v) is 7.94. The molecule has 1 aliphatic rings. The standard InChI is InChI=1S/C16H20N6O2.ClH/c1-16(10-17-5-6-24-16)11-23-15-14-3-4-18-22(14)9-13(20-15)12-7-19-21(2)8-12;/h3-4,7-9,17H,5-6,10-11H2,1-2H3;1H/t16-;/m0./s1. The Balaban J connectivity index is 0.00000182. The largest absolute Gasteiger partial charge is 0.473 e. The lowest BCUT2D eigenvalue weighted by atomic mass is 10.1. The number of nitrogens with one attached hydrogen (secondary N) is 1. The second-order valence-electron chi connectivity index (χ2n) is 6.26. The third-order valence-corrected chi connectivity index (χ3v) is 4.10. The Bertz CT molecular complexity index is 855. The summed E-state index contributed by atoms with van der Waals surface area (Å²) in [6, 6.07) is 1.89. The van der Waals surface area contributed by atoms with E-state index in [1.807, 2.05) is 32.4 Å². The molecule has 134 valence electrons. The van der Waals surface area contributed by atoms with Crippen molar-refractivity contribution in [2.45, 2.75) is 12.5 Å². The smallest absolute Gasteiger partial charge is 0.240 e. The Hall–Kier alpha value is -2.16. The number of aryl methyl sites for hydroxylation is 1. The molecule has 1 aliphatic heterocycles. The molecule has 0 amide bonds. The van der Waals surface area contributed by atoms with Gasteiger partial charge in [0.05, 0.1) is 30.9 Å². The lowest BCUT2D eigenvalue weighted by Gasteiger charge is -2.33. The number of aromatic nitrogens is 5. The highest BCUT2D eigenvalue weighted by molar-refractivity contribution is 5.85. The molecular weight excluding hydrogens is 344 g/mol. The molecule has 4 heterocycles. The van der Waals surface area contributed by atoms with E-state index in [1.165, 1.54) is 0 Å². The molecule has 1 saturated heterocycles. The van der Waals surface area contributed by atoms with Gasteiger partial charge in [0, 0.05) is 31.9 Å². The third kappa shape index (κ3) is 3.60. The summed E-state index contributed by atoms with van der Waals surface area (Å²) in [4.78, 5) is 4.66. The van der Waals surface area contributed by atoms with E-state index in [9.17, 15) is 0 Å². The van der Waals surface area contributed by atoms with Gasteiger partial charge < -0.3 is 14.8 Å². The van der Waals surface area contributed by atoms with Gasteiger partial charge in [-0.1, -0.05) is 0 Å². The average Bonchev–Trinajstić information content (AvgIpc) is 3.22.